The van der Waals surface area contributed by atoms with Gasteiger partial charge in [-0.3, -0.25) is 4.79 Å². The maximum Gasteiger partial charge on any atom is 0.228 e. The number of alkyl halides is 1. The average Bonchev–Trinajstić information content (AvgIpc) is 2.96. The van der Waals surface area contributed by atoms with Crippen LogP contribution in [0.3, 0.4) is 0 Å². The van der Waals surface area contributed by atoms with E-state index in [9.17, 15) is 4.79 Å². The summed E-state index contributed by atoms with van der Waals surface area (Å²) in [7, 11) is 0. The van der Waals surface area contributed by atoms with Crippen LogP contribution in [-0.2, 0) is 4.79 Å². The molecule has 98 valence electrons. The van der Waals surface area contributed by atoms with Crippen molar-refractivity contribution in [2.75, 3.05) is 11.4 Å². The van der Waals surface area contributed by atoms with Gasteiger partial charge in [0.2, 0.25) is 5.91 Å². The van der Waals surface area contributed by atoms with Gasteiger partial charge < -0.3 is 4.90 Å². The minimum absolute atomic E-state index is 0.175. The zero-order valence-electron chi connectivity index (χ0n) is 10.5. The monoisotopic (exact) mass is 336 g/mol. The largest absolute Gasteiger partial charge is 0.311 e. The number of anilines is 1. The van der Waals surface area contributed by atoms with Gasteiger partial charge in [-0.15, -0.1) is 11.3 Å². The molecule has 1 aliphatic rings. The van der Waals surface area contributed by atoms with Crippen LogP contribution in [0.2, 0.25) is 0 Å². The molecule has 0 aliphatic carbocycles. The summed E-state index contributed by atoms with van der Waals surface area (Å²) in [4.78, 5) is 18.5. The number of aryl methyl sites for hydroxylation is 1. The molecule has 1 fully saturated rings. The highest BCUT2D eigenvalue weighted by Gasteiger charge is 2.28. The molecule has 0 saturated carbocycles. The first-order valence-electron chi connectivity index (χ1n) is 6.10. The van der Waals surface area contributed by atoms with Crippen molar-refractivity contribution in [2.45, 2.75) is 18.2 Å². The molecule has 1 aromatic heterocycles. The van der Waals surface area contributed by atoms with Crippen LogP contribution in [0.1, 0.15) is 11.4 Å². The van der Waals surface area contributed by atoms with Gasteiger partial charge in [-0.05, 0) is 19.1 Å². The molecule has 5 heteroatoms. The number of amides is 1. The maximum atomic E-state index is 11.9. The Labute approximate surface area is 124 Å². The molecule has 1 aliphatic heterocycles. The Morgan fingerprint density at radius 2 is 2.32 bits per heavy atom. The van der Waals surface area contributed by atoms with E-state index >= 15 is 0 Å². The van der Waals surface area contributed by atoms with Gasteiger partial charge in [-0.1, -0.05) is 28.1 Å². The minimum atomic E-state index is 0.175. The van der Waals surface area contributed by atoms with E-state index in [-0.39, 0.29) is 10.7 Å². The van der Waals surface area contributed by atoms with E-state index in [1.54, 1.807) is 11.3 Å². The second-order valence-corrected chi connectivity index (χ2v) is 6.97. The van der Waals surface area contributed by atoms with Crippen molar-refractivity contribution in [1.29, 1.82) is 0 Å². The molecule has 1 amide bonds. The fourth-order valence-corrected chi connectivity index (χ4v) is 3.43. The fourth-order valence-electron chi connectivity index (χ4n) is 2.24. The Kier molecular flexibility index (Phi) is 3.41. The van der Waals surface area contributed by atoms with Gasteiger partial charge in [-0.2, -0.15) is 0 Å². The molecule has 2 aromatic rings. The van der Waals surface area contributed by atoms with Crippen molar-refractivity contribution in [3.8, 4) is 11.3 Å². The predicted molar refractivity (Wildman–Crippen MR) is 82.0 cm³/mol. The van der Waals surface area contributed by atoms with Gasteiger partial charge in [0.15, 0.2) is 0 Å². The topological polar surface area (TPSA) is 33.2 Å². The Morgan fingerprint density at radius 1 is 1.47 bits per heavy atom. The third-order valence-electron chi connectivity index (χ3n) is 3.15. The number of aromatic nitrogens is 1. The maximum absolute atomic E-state index is 11.9. The molecule has 19 heavy (non-hydrogen) atoms. The molecule has 1 aromatic carbocycles. The number of hydrogen-bond acceptors (Lipinski definition) is 3. The van der Waals surface area contributed by atoms with Crippen molar-refractivity contribution in [1.82, 2.24) is 4.98 Å². The first-order chi connectivity index (χ1) is 9.13. The summed E-state index contributed by atoms with van der Waals surface area (Å²) < 4.78 is 0. The zero-order valence-corrected chi connectivity index (χ0v) is 12.9. The first kappa shape index (κ1) is 12.8. The van der Waals surface area contributed by atoms with Crippen LogP contribution in [0.15, 0.2) is 29.6 Å². The number of carbonyl (C=O) groups is 1. The number of benzene rings is 1. The van der Waals surface area contributed by atoms with Gasteiger partial charge in [0.05, 0.1) is 10.7 Å². The van der Waals surface area contributed by atoms with E-state index in [2.05, 4.69) is 20.9 Å². The fraction of sp³-hybridized carbons (Fsp3) is 0.286. The van der Waals surface area contributed by atoms with Gasteiger partial charge in [0.25, 0.3) is 0 Å². The molecule has 1 unspecified atom stereocenters. The third-order valence-corrected chi connectivity index (χ3v) is 4.54. The minimum Gasteiger partial charge on any atom is -0.311 e. The average molecular weight is 337 g/mol. The number of carbonyl (C=O) groups excluding carboxylic acids is 1. The molecule has 1 saturated heterocycles. The van der Waals surface area contributed by atoms with Gasteiger partial charge in [-0.25, -0.2) is 4.98 Å². The molecule has 0 N–H and O–H groups in total. The van der Waals surface area contributed by atoms with E-state index in [1.165, 1.54) is 0 Å². The molecule has 0 bridgehead atoms. The number of hydrogen-bond donors (Lipinski definition) is 0. The van der Waals surface area contributed by atoms with E-state index in [0.29, 0.717) is 6.42 Å². The Hall–Kier alpha value is -1.20. The quantitative estimate of drug-likeness (QED) is 0.784. The third kappa shape index (κ3) is 2.58. The molecule has 2 heterocycles. The summed E-state index contributed by atoms with van der Waals surface area (Å²) in [5.74, 6) is 0.175. The molecule has 3 rings (SSSR count). The van der Waals surface area contributed by atoms with Crippen molar-refractivity contribution in [2.24, 2.45) is 0 Å². The van der Waals surface area contributed by atoms with Crippen LogP contribution >= 0.6 is 27.3 Å². The molecule has 0 radical (unpaired) electrons. The van der Waals surface area contributed by atoms with Crippen LogP contribution in [0.4, 0.5) is 5.69 Å². The Balaban J connectivity index is 1.94. The number of halogens is 1. The lowest BCUT2D eigenvalue weighted by atomic mass is 10.1. The standard InChI is InChI=1S/C14H13BrN2OS/c1-9-16-13(8-19-9)10-3-2-4-12(5-10)17-7-11(15)6-14(17)18/h2-5,8,11H,6-7H2,1H3. The zero-order chi connectivity index (χ0) is 13.4. The highest BCUT2D eigenvalue weighted by atomic mass is 79.9. The van der Waals surface area contributed by atoms with Gasteiger partial charge >= 0.3 is 0 Å². The smallest absolute Gasteiger partial charge is 0.228 e. The summed E-state index contributed by atoms with van der Waals surface area (Å²) in [6, 6.07) is 8.03. The van der Waals surface area contributed by atoms with Crippen LogP contribution in [0.5, 0.6) is 0 Å². The second kappa shape index (κ2) is 5.06. The van der Waals surface area contributed by atoms with Crippen LogP contribution in [-0.4, -0.2) is 22.3 Å². The number of nitrogens with zero attached hydrogens (tertiary/aromatic N) is 2. The second-order valence-electron chi connectivity index (χ2n) is 4.61. The highest BCUT2D eigenvalue weighted by molar-refractivity contribution is 9.09. The normalized spacial score (nSPS) is 19.2. The van der Waals surface area contributed by atoms with E-state index in [0.717, 1.165) is 28.5 Å². The number of thiazole rings is 1. The summed E-state index contributed by atoms with van der Waals surface area (Å²) >= 11 is 5.15. The van der Waals surface area contributed by atoms with Crippen molar-refractivity contribution in [3.63, 3.8) is 0 Å². The highest BCUT2D eigenvalue weighted by Crippen LogP contribution is 2.29. The van der Waals surface area contributed by atoms with Crippen molar-refractivity contribution in [3.05, 3.63) is 34.7 Å². The van der Waals surface area contributed by atoms with Crippen LogP contribution < -0.4 is 4.90 Å². The molecule has 1 atom stereocenters. The first-order valence-corrected chi connectivity index (χ1v) is 7.90. The molecular weight excluding hydrogens is 324 g/mol. The summed E-state index contributed by atoms with van der Waals surface area (Å²) in [6.07, 6.45) is 0.569. The van der Waals surface area contributed by atoms with E-state index in [1.807, 2.05) is 41.5 Å². The lowest BCUT2D eigenvalue weighted by Gasteiger charge is -2.16. The van der Waals surface area contributed by atoms with Crippen molar-refractivity contribution >= 4 is 38.9 Å². The lowest BCUT2D eigenvalue weighted by Crippen LogP contribution is -2.24. The van der Waals surface area contributed by atoms with E-state index in [4.69, 9.17) is 0 Å². The van der Waals surface area contributed by atoms with Crippen LogP contribution in [0.25, 0.3) is 11.3 Å². The molecule has 3 nitrogen and oxygen atoms in total. The SMILES string of the molecule is Cc1nc(-c2cccc(N3CC(Br)CC3=O)c2)cs1. The lowest BCUT2D eigenvalue weighted by molar-refractivity contribution is -0.117. The number of rotatable bonds is 2. The summed E-state index contributed by atoms with van der Waals surface area (Å²) in [6.45, 7) is 2.73. The van der Waals surface area contributed by atoms with Gasteiger partial charge in [0.1, 0.15) is 0 Å². The van der Waals surface area contributed by atoms with E-state index < -0.39 is 0 Å². The van der Waals surface area contributed by atoms with Crippen LogP contribution in [0, 0.1) is 6.92 Å². The summed E-state index contributed by atoms with van der Waals surface area (Å²) in [5.41, 5.74) is 2.99. The molecular formula is C14H13BrN2OS. The Bertz CT molecular complexity index is 625. The molecule has 0 spiro atoms. The van der Waals surface area contributed by atoms with Crippen molar-refractivity contribution < 1.29 is 4.79 Å². The van der Waals surface area contributed by atoms with Gasteiger partial charge in [0, 0.05) is 34.4 Å². The predicted octanol–water partition coefficient (Wildman–Crippen LogP) is 3.62. The summed E-state index contributed by atoms with van der Waals surface area (Å²) in [5, 5.41) is 3.10. The Morgan fingerprint density at radius 3 is 2.95 bits per heavy atom.